The Morgan fingerprint density at radius 3 is 2.34 bits per heavy atom. The third-order valence-electron chi connectivity index (χ3n) is 6.62. The second-order valence-electron chi connectivity index (χ2n) is 9.02. The third-order valence-corrected chi connectivity index (χ3v) is 7.26. The molecule has 0 saturated carbocycles. The van der Waals surface area contributed by atoms with Gasteiger partial charge in [-0.1, -0.05) is 29.8 Å². The Bertz CT molecular complexity index is 1360. The van der Waals surface area contributed by atoms with Crippen molar-refractivity contribution in [2.24, 2.45) is 0 Å². The highest BCUT2D eigenvalue weighted by atomic mass is 35.5. The lowest BCUT2D eigenvalue weighted by Crippen LogP contribution is -2.29. The molecule has 1 fully saturated rings. The summed E-state index contributed by atoms with van der Waals surface area (Å²) in [4.78, 5) is 8.99. The number of nitrogens with one attached hydrogen (secondary N) is 1. The van der Waals surface area contributed by atoms with Crippen LogP contribution in [0.1, 0.15) is 34.7 Å². The fourth-order valence-corrected chi connectivity index (χ4v) is 5.52. The first-order valence-corrected chi connectivity index (χ1v) is 12.4. The molecule has 1 saturated heterocycles. The van der Waals surface area contributed by atoms with Gasteiger partial charge in [0.05, 0.1) is 28.5 Å². The highest BCUT2D eigenvalue weighted by Gasteiger charge is 2.42. The highest BCUT2D eigenvalue weighted by Crippen LogP contribution is 2.44. The number of anilines is 2. The Morgan fingerprint density at radius 1 is 0.971 bits per heavy atom. The summed E-state index contributed by atoms with van der Waals surface area (Å²) < 4.78 is 2.22. The van der Waals surface area contributed by atoms with E-state index in [0.717, 1.165) is 39.2 Å². The van der Waals surface area contributed by atoms with Crippen molar-refractivity contribution in [1.29, 1.82) is 0 Å². The van der Waals surface area contributed by atoms with E-state index < -0.39 is 0 Å². The summed E-state index contributed by atoms with van der Waals surface area (Å²) in [6, 6.07) is 24.5. The summed E-state index contributed by atoms with van der Waals surface area (Å²) in [5.74, 6) is 0. The van der Waals surface area contributed by atoms with Crippen molar-refractivity contribution >= 4 is 40.3 Å². The monoisotopic (exact) mass is 501 g/mol. The van der Waals surface area contributed by atoms with Gasteiger partial charge < -0.3 is 19.7 Å². The number of para-hydroxylation sites is 1. The Hall–Kier alpha value is -3.35. The van der Waals surface area contributed by atoms with Gasteiger partial charge in [-0.3, -0.25) is 4.98 Å². The van der Waals surface area contributed by atoms with Crippen molar-refractivity contribution < 1.29 is 0 Å². The number of rotatable bonds is 5. The van der Waals surface area contributed by atoms with Crippen LogP contribution in [-0.2, 0) is 0 Å². The lowest BCUT2D eigenvalue weighted by Gasteiger charge is -2.28. The van der Waals surface area contributed by atoms with Crippen molar-refractivity contribution in [3.05, 3.63) is 107 Å². The Morgan fingerprint density at radius 2 is 1.69 bits per heavy atom. The minimum Gasteiger partial charge on any atom is -0.378 e. The first kappa shape index (κ1) is 23.4. The smallest absolute Gasteiger partial charge is 0.174 e. The first-order chi connectivity index (χ1) is 16.9. The maximum Gasteiger partial charge on any atom is 0.174 e. The fraction of sp³-hybridized carbons (Fsp3) is 0.214. The zero-order valence-electron chi connectivity index (χ0n) is 20.2. The predicted octanol–water partition coefficient (Wildman–Crippen LogP) is 6.39. The second-order valence-corrected chi connectivity index (χ2v) is 9.81. The second kappa shape index (κ2) is 9.36. The van der Waals surface area contributed by atoms with Crippen LogP contribution in [0.4, 0.5) is 11.4 Å². The summed E-state index contributed by atoms with van der Waals surface area (Å²) in [5.41, 5.74) is 7.53. The maximum atomic E-state index is 6.61. The topological polar surface area (TPSA) is 36.3 Å². The maximum absolute atomic E-state index is 6.61. The van der Waals surface area contributed by atoms with Crippen LogP contribution in [-0.4, -0.2) is 28.8 Å². The largest absolute Gasteiger partial charge is 0.378 e. The van der Waals surface area contributed by atoms with Gasteiger partial charge in [0.25, 0.3) is 0 Å². The van der Waals surface area contributed by atoms with Crippen molar-refractivity contribution in [2.45, 2.75) is 25.9 Å². The molecule has 35 heavy (non-hydrogen) atoms. The predicted molar refractivity (Wildman–Crippen MR) is 149 cm³/mol. The Kier molecular flexibility index (Phi) is 6.26. The molecule has 2 aromatic carbocycles. The molecule has 0 aliphatic carbocycles. The van der Waals surface area contributed by atoms with Crippen LogP contribution in [0, 0.1) is 13.8 Å². The van der Waals surface area contributed by atoms with E-state index in [1.807, 2.05) is 50.6 Å². The number of benzene rings is 2. The van der Waals surface area contributed by atoms with E-state index in [0.29, 0.717) is 5.11 Å². The highest BCUT2D eigenvalue weighted by molar-refractivity contribution is 7.80. The minimum absolute atomic E-state index is 0.0787. The van der Waals surface area contributed by atoms with Gasteiger partial charge in [0.15, 0.2) is 5.11 Å². The normalized spacial score (nSPS) is 17.5. The average molecular weight is 502 g/mol. The quantitative estimate of drug-likeness (QED) is 0.321. The number of pyridine rings is 1. The molecule has 5 rings (SSSR count). The van der Waals surface area contributed by atoms with Gasteiger partial charge in [0.2, 0.25) is 0 Å². The summed E-state index contributed by atoms with van der Waals surface area (Å²) >= 11 is 12.5. The molecule has 0 bridgehead atoms. The van der Waals surface area contributed by atoms with Crippen molar-refractivity contribution in [1.82, 2.24) is 14.9 Å². The van der Waals surface area contributed by atoms with Gasteiger partial charge in [-0.15, -0.1) is 0 Å². The standard InChI is InChI=1S/C28H28ClN5S/c1-18-17-22(19(2)33(18)25-11-6-5-9-23(25)29)27-26(24-10-7-8-16-30-24)31-28(35)34(27)21-14-12-20(13-15-21)32(3)4/h5-17,26-27H,1-4H3,(H,31,35)/t26-,27-/m0/s1. The molecule has 178 valence electrons. The number of aryl methyl sites for hydroxylation is 1. The molecule has 2 atom stereocenters. The number of aromatic nitrogens is 2. The molecule has 0 radical (unpaired) electrons. The van der Waals surface area contributed by atoms with Crippen LogP contribution in [0.2, 0.25) is 5.02 Å². The Balaban J connectivity index is 1.67. The SMILES string of the molecule is Cc1cc([C@H]2[C@H](c3ccccn3)NC(=S)N2c2ccc(N(C)C)cc2)c(C)n1-c1ccccc1Cl. The third kappa shape index (κ3) is 4.17. The van der Waals surface area contributed by atoms with E-state index in [4.69, 9.17) is 23.8 Å². The first-order valence-electron chi connectivity index (χ1n) is 11.6. The van der Waals surface area contributed by atoms with E-state index in [9.17, 15) is 0 Å². The fourth-order valence-electron chi connectivity index (χ4n) is 4.95. The molecule has 3 heterocycles. The van der Waals surface area contributed by atoms with Crippen LogP contribution >= 0.6 is 23.8 Å². The van der Waals surface area contributed by atoms with Crippen molar-refractivity contribution in [3.63, 3.8) is 0 Å². The van der Waals surface area contributed by atoms with E-state index in [2.05, 4.69) is 81.0 Å². The summed E-state index contributed by atoms with van der Waals surface area (Å²) in [6.07, 6.45) is 1.83. The van der Waals surface area contributed by atoms with Crippen LogP contribution < -0.4 is 15.1 Å². The number of thiocarbonyl (C=S) groups is 1. The molecule has 5 nitrogen and oxygen atoms in total. The van der Waals surface area contributed by atoms with Crippen LogP contribution in [0.5, 0.6) is 0 Å². The van der Waals surface area contributed by atoms with Gasteiger partial charge in [-0.2, -0.15) is 0 Å². The van der Waals surface area contributed by atoms with Crippen LogP contribution in [0.15, 0.2) is 79.0 Å². The molecular weight excluding hydrogens is 474 g/mol. The van der Waals surface area contributed by atoms with Gasteiger partial charge in [0.1, 0.15) is 0 Å². The van der Waals surface area contributed by atoms with E-state index in [1.54, 1.807) is 0 Å². The lowest BCUT2D eigenvalue weighted by molar-refractivity contribution is 0.565. The molecule has 0 amide bonds. The molecule has 2 aromatic heterocycles. The molecule has 7 heteroatoms. The molecule has 1 aliphatic heterocycles. The molecule has 0 unspecified atom stereocenters. The lowest BCUT2D eigenvalue weighted by atomic mass is 9.96. The van der Waals surface area contributed by atoms with E-state index >= 15 is 0 Å². The van der Waals surface area contributed by atoms with Crippen LogP contribution in [0.3, 0.4) is 0 Å². The minimum atomic E-state index is -0.0996. The summed E-state index contributed by atoms with van der Waals surface area (Å²) in [5, 5.41) is 4.97. The van der Waals surface area contributed by atoms with Gasteiger partial charge in [-0.05, 0) is 86.2 Å². The van der Waals surface area contributed by atoms with Gasteiger partial charge in [0, 0.05) is 43.1 Å². The van der Waals surface area contributed by atoms with Crippen molar-refractivity contribution in [2.75, 3.05) is 23.9 Å². The molecule has 4 aromatic rings. The van der Waals surface area contributed by atoms with E-state index in [1.165, 1.54) is 5.56 Å². The summed E-state index contributed by atoms with van der Waals surface area (Å²) in [6.45, 7) is 4.27. The summed E-state index contributed by atoms with van der Waals surface area (Å²) in [7, 11) is 4.08. The number of nitrogens with zero attached hydrogens (tertiary/aromatic N) is 4. The Labute approximate surface area is 217 Å². The van der Waals surface area contributed by atoms with Gasteiger partial charge >= 0.3 is 0 Å². The van der Waals surface area contributed by atoms with E-state index in [-0.39, 0.29) is 12.1 Å². The average Bonchev–Trinajstić information content (AvgIpc) is 3.35. The van der Waals surface area contributed by atoms with Gasteiger partial charge in [-0.25, -0.2) is 0 Å². The zero-order chi connectivity index (χ0) is 24.7. The van der Waals surface area contributed by atoms with Crippen molar-refractivity contribution in [3.8, 4) is 5.69 Å². The molecule has 1 aliphatic rings. The van der Waals surface area contributed by atoms with Crippen LogP contribution in [0.25, 0.3) is 5.69 Å². The molecule has 0 spiro atoms. The molecule has 1 N–H and O–H groups in total. The number of halogens is 1. The zero-order valence-corrected chi connectivity index (χ0v) is 21.8. The number of hydrogen-bond acceptors (Lipinski definition) is 3. The number of hydrogen-bond donors (Lipinski definition) is 1. The molecular formula is C28H28ClN5S.